The molecule has 176 valence electrons. The molecule has 0 radical (unpaired) electrons. The van der Waals surface area contributed by atoms with Crippen molar-refractivity contribution < 1.29 is 18.7 Å². The Labute approximate surface area is 195 Å². The Morgan fingerprint density at radius 1 is 1.15 bits per heavy atom. The van der Waals surface area contributed by atoms with E-state index in [0.717, 1.165) is 45.9 Å². The zero-order chi connectivity index (χ0) is 23.5. The van der Waals surface area contributed by atoms with E-state index in [0.29, 0.717) is 37.2 Å². The van der Waals surface area contributed by atoms with Crippen LogP contribution in [0.3, 0.4) is 0 Å². The molecule has 0 unspecified atom stereocenters. The maximum Gasteiger partial charge on any atom is 0.342 e. The van der Waals surface area contributed by atoms with Gasteiger partial charge in [-0.15, -0.1) is 0 Å². The number of carbonyl (C=O) groups excluding carboxylic acids is 1. The summed E-state index contributed by atoms with van der Waals surface area (Å²) >= 11 is 0. The third-order valence-corrected chi connectivity index (χ3v) is 6.98. The van der Waals surface area contributed by atoms with Crippen LogP contribution in [0.5, 0.6) is 5.75 Å². The summed E-state index contributed by atoms with van der Waals surface area (Å²) < 4.78 is 18.1. The zero-order valence-electron chi connectivity index (χ0n) is 20.5. The molecule has 1 saturated heterocycles. The number of fused-ring (bicyclic) bond motifs is 6. The molecule has 33 heavy (non-hydrogen) atoms. The molecule has 6 heteroatoms. The van der Waals surface area contributed by atoms with Crippen molar-refractivity contribution in [2.75, 3.05) is 13.3 Å². The van der Waals surface area contributed by atoms with Gasteiger partial charge in [0.2, 0.25) is 0 Å². The average Bonchev–Trinajstić information content (AvgIpc) is 3.09. The summed E-state index contributed by atoms with van der Waals surface area (Å²) in [4.78, 5) is 15.4. The molecule has 3 aromatic rings. The average molecular weight is 451 g/mol. The highest BCUT2D eigenvalue weighted by Gasteiger charge is 2.41. The van der Waals surface area contributed by atoms with Crippen molar-refractivity contribution >= 4 is 27.7 Å². The Morgan fingerprint density at radius 2 is 1.82 bits per heavy atom. The van der Waals surface area contributed by atoms with Gasteiger partial charge in [0.05, 0.1) is 6.61 Å². The Kier molecular flexibility index (Phi) is 5.22. The summed E-state index contributed by atoms with van der Waals surface area (Å²) in [7, 11) is 0. The largest absolute Gasteiger partial charge is 0.477 e. The predicted molar refractivity (Wildman–Crippen MR) is 130 cm³/mol. The molecular weight excluding hydrogens is 416 g/mol. The lowest BCUT2D eigenvalue weighted by Crippen LogP contribution is -2.62. The van der Waals surface area contributed by atoms with E-state index in [1.165, 1.54) is 0 Å². The molecule has 0 amide bonds. The number of furan rings is 1. The minimum atomic E-state index is -0.340. The van der Waals surface area contributed by atoms with Crippen molar-refractivity contribution in [3.63, 3.8) is 0 Å². The van der Waals surface area contributed by atoms with Crippen LogP contribution in [0.15, 0.2) is 28.7 Å². The lowest BCUT2D eigenvalue weighted by atomic mass is 9.79. The van der Waals surface area contributed by atoms with E-state index in [9.17, 15) is 4.79 Å². The Morgan fingerprint density at radius 3 is 2.48 bits per heavy atom. The van der Waals surface area contributed by atoms with Crippen LogP contribution in [-0.4, -0.2) is 41.3 Å². The van der Waals surface area contributed by atoms with E-state index in [1.54, 1.807) is 0 Å². The number of benzene rings is 2. The van der Waals surface area contributed by atoms with Gasteiger partial charge in [0.25, 0.3) is 0 Å². The number of piperidine rings is 1. The van der Waals surface area contributed by atoms with Crippen LogP contribution in [0.1, 0.15) is 69.1 Å². The first-order chi connectivity index (χ1) is 15.6. The van der Waals surface area contributed by atoms with E-state index in [2.05, 4.69) is 44.0 Å². The van der Waals surface area contributed by atoms with Gasteiger partial charge in [-0.25, -0.2) is 4.79 Å². The Bertz CT molecular complexity index is 1220. The number of nitrogens with one attached hydrogen (secondary N) is 1. The molecule has 2 aromatic carbocycles. The molecule has 1 fully saturated rings. The minimum Gasteiger partial charge on any atom is -0.477 e. The molecule has 0 bridgehead atoms. The summed E-state index contributed by atoms with van der Waals surface area (Å²) in [5.74, 6) is 1.10. The summed E-state index contributed by atoms with van der Waals surface area (Å²) in [6.45, 7) is 14.3. The molecule has 0 saturated carbocycles. The SMILES string of the molecule is CCOC(=O)c1c(C)oc2c1c1c(c3ccccc32)OCN(C2CC(C)(C)NC(C)(C)C2)C1. The monoisotopic (exact) mass is 450 g/mol. The minimum absolute atomic E-state index is 0.0354. The third-order valence-electron chi connectivity index (χ3n) is 6.98. The maximum atomic E-state index is 13.0. The molecule has 0 aliphatic carbocycles. The van der Waals surface area contributed by atoms with Crippen molar-refractivity contribution in [1.82, 2.24) is 10.2 Å². The van der Waals surface area contributed by atoms with Gasteiger partial charge in [-0.2, -0.15) is 0 Å². The molecule has 1 N–H and O–H groups in total. The fraction of sp³-hybridized carbons (Fsp3) is 0.519. The van der Waals surface area contributed by atoms with Crippen LogP contribution in [-0.2, 0) is 11.3 Å². The molecule has 1 aromatic heterocycles. The highest BCUT2D eigenvalue weighted by Crippen LogP contribution is 2.45. The first-order valence-electron chi connectivity index (χ1n) is 11.9. The second-order valence-corrected chi connectivity index (χ2v) is 10.8. The summed E-state index contributed by atoms with van der Waals surface area (Å²) in [6.07, 6.45) is 2.06. The fourth-order valence-corrected chi connectivity index (χ4v) is 6.10. The van der Waals surface area contributed by atoms with E-state index in [1.807, 2.05) is 32.0 Å². The number of hydrogen-bond donors (Lipinski definition) is 1. The number of carbonyl (C=O) groups is 1. The summed E-state index contributed by atoms with van der Waals surface area (Å²) in [5, 5.41) is 6.59. The van der Waals surface area contributed by atoms with Crippen molar-refractivity contribution in [2.45, 2.75) is 78.0 Å². The quantitative estimate of drug-likeness (QED) is 0.529. The fourth-order valence-electron chi connectivity index (χ4n) is 6.10. The molecule has 0 spiro atoms. The van der Waals surface area contributed by atoms with Crippen LogP contribution < -0.4 is 10.1 Å². The maximum absolute atomic E-state index is 13.0. The van der Waals surface area contributed by atoms with Crippen molar-refractivity contribution in [1.29, 1.82) is 0 Å². The van der Waals surface area contributed by atoms with Crippen LogP contribution in [0.25, 0.3) is 21.7 Å². The van der Waals surface area contributed by atoms with Gasteiger partial charge in [-0.05, 0) is 54.4 Å². The molecule has 3 heterocycles. The van der Waals surface area contributed by atoms with Crippen LogP contribution in [0.2, 0.25) is 0 Å². The third kappa shape index (κ3) is 3.79. The number of hydrogen-bond acceptors (Lipinski definition) is 6. The number of nitrogens with zero attached hydrogens (tertiary/aromatic N) is 1. The Balaban J connectivity index is 1.67. The first-order valence-corrected chi connectivity index (χ1v) is 11.9. The van der Waals surface area contributed by atoms with E-state index in [4.69, 9.17) is 13.9 Å². The van der Waals surface area contributed by atoms with Crippen LogP contribution >= 0.6 is 0 Å². The number of aryl methyl sites for hydroxylation is 1. The van der Waals surface area contributed by atoms with Gasteiger partial charge in [0.1, 0.15) is 29.4 Å². The highest BCUT2D eigenvalue weighted by atomic mass is 16.5. The second kappa shape index (κ2) is 7.74. The van der Waals surface area contributed by atoms with E-state index in [-0.39, 0.29) is 17.0 Å². The molecule has 6 nitrogen and oxygen atoms in total. The molecular formula is C27H34N2O4. The number of rotatable bonds is 3. The van der Waals surface area contributed by atoms with Crippen molar-refractivity contribution in [3.8, 4) is 5.75 Å². The number of ether oxygens (including phenoxy) is 2. The molecule has 2 aliphatic rings. The van der Waals surface area contributed by atoms with Crippen molar-refractivity contribution in [3.05, 3.63) is 41.2 Å². The van der Waals surface area contributed by atoms with Gasteiger partial charge >= 0.3 is 5.97 Å². The smallest absolute Gasteiger partial charge is 0.342 e. The molecule has 5 rings (SSSR count). The molecule has 0 atom stereocenters. The van der Waals surface area contributed by atoms with Crippen LogP contribution in [0.4, 0.5) is 0 Å². The predicted octanol–water partition coefficient (Wildman–Crippen LogP) is 5.53. The zero-order valence-corrected chi connectivity index (χ0v) is 20.5. The normalized spacial score (nSPS) is 20.5. The summed E-state index contributed by atoms with van der Waals surface area (Å²) in [5.41, 5.74) is 2.34. The van der Waals surface area contributed by atoms with Gasteiger partial charge in [0, 0.05) is 45.4 Å². The van der Waals surface area contributed by atoms with Gasteiger partial charge in [-0.1, -0.05) is 24.3 Å². The number of esters is 1. The summed E-state index contributed by atoms with van der Waals surface area (Å²) in [6, 6.07) is 8.48. The lowest BCUT2D eigenvalue weighted by Gasteiger charge is -2.50. The first kappa shape index (κ1) is 22.2. The topological polar surface area (TPSA) is 63.9 Å². The lowest BCUT2D eigenvalue weighted by molar-refractivity contribution is 0.00417. The van der Waals surface area contributed by atoms with Crippen molar-refractivity contribution in [2.24, 2.45) is 0 Å². The van der Waals surface area contributed by atoms with E-state index < -0.39 is 0 Å². The van der Waals surface area contributed by atoms with Crippen LogP contribution in [0, 0.1) is 6.92 Å². The second-order valence-electron chi connectivity index (χ2n) is 10.8. The standard InChI is InChI=1S/C27H34N2O4/c1-7-31-25(30)21-16(2)33-24-19-11-9-8-10-18(19)23-20(22(21)24)14-29(15-32-23)17-12-26(3,4)28-27(5,6)13-17/h8-11,17,28H,7,12-15H2,1-6H3. The van der Waals surface area contributed by atoms with Gasteiger partial charge in [-0.3, -0.25) is 4.90 Å². The van der Waals surface area contributed by atoms with Gasteiger partial charge in [0.15, 0.2) is 0 Å². The highest BCUT2D eigenvalue weighted by molar-refractivity contribution is 6.16. The van der Waals surface area contributed by atoms with Gasteiger partial charge < -0.3 is 19.2 Å². The van der Waals surface area contributed by atoms with E-state index >= 15 is 0 Å². The molecule has 2 aliphatic heterocycles. The Hall–Kier alpha value is -2.57.